The van der Waals surface area contributed by atoms with Crippen molar-refractivity contribution in [1.29, 1.82) is 0 Å². The van der Waals surface area contributed by atoms with Gasteiger partial charge in [-0.3, -0.25) is 0 Å². The SMILES string of the molecule is C[C@H](/C(=N\N(C)C)c1ccccc1)[C@@H](C)/C(=N\N(C)C)c1ccccc1. The summed E-state index contributed by atoms with van der Waals surface area (Å²) >= 11 is 0. The largest absolute Gasteiger partial charge is 0.303 e. The molecule has 0 aromatic heterocycles. The van der Waals surface area contributed by atoms with E-state index in [1.807, 2.05) is 50.3 Å². The van der Waals surface area contributed by atoms with Gasteiger partial charge < -0.3 is 10.0 Å². The molecule has 2 aromatic carbocycles. The number of nitrogens with zero attached hydrogens (tertiary/aromatic N) is 4. The van der Waals surface area contributed by atoms with Crippen LogP contribution >= 0.6 is 0 Å². The van der Waals surface area contributed by atoms with E-state index in [1.54, 1.807) is 0 Å². The minimum absolute atomic E-state index is 0.207. The zero-order valence-corrected chi connectivity index (χ0v) is 16.7. The van der Waals surface area contributed by atoms with Crippen LogP contribution in [0.15, 0.2) is 70.9 Å². The maximum absolute atomic E-state index is 4.80. The highest BCUT2D eigenvalue weighted by molar-refractivity contribution is 6.08. The molecule has 138 valence electrons. The van der Waals surface area contributed by atoms with Crippen molar-refractivity contribution in [2.75, 3.05) is 28.2 Å². The number of hydrazone groups is 2. The van der Waals surface area contributed by atoms with Gasteiger partial charge in [-0.05, 0) is 11.1 Å². The van der Waals surface area contributed by atoms with Crippen LogP contribution in [0.5, 0.6) is 0 Å². The van der Waals surface area contributed by atoms with Crippen LogP contribution in [0.25, 0.3) is 0 Å². The topological polar surface area (TPSA) is 31.2 Å². The normalized spacial score (nSPS) is 14.7. The van der Waals surface area contributed by atoms with Gasteiger partial charge in [0.1, 0.15) is 0 Å². The smallest absolute Gasteiger partial charge is 0.0712 e. The molecule has 0 N–H and O–H groups in total. The Balaban J connectivity index is 2.44. The van der Waals surface area contributed by atoms with Crippen molar-refractivity contribution in [3.63, 3.8) is 0 Å². The van der Waals surface area contributed by atoms with Crippen LogP contribution in [0, 0.1) is 11.8 Å². The fourth-order valence-electron chi connectivity index (χ4n) is 2.95. The summed E-state index contributed by atoms with van der Waals surface area (Å²) in [7, 11) is 7.86. The summed E-state index contributed by atoms with van der Waals surface area (Å²) in [6, 6.07) is 20.8. The Morgan fingerprint density at radius 2 is 0.923 bits per heavy atom. The maximum Gasteiger partial charge on any atom is 0.0712 e. The maximum atomic E-state index is 4.80. The minimum Gasteiger partial charge on any atom is -0.303 e. The molecule has 0 saturated heterocycles. The highest BCUT2D eigenvalue weighted by atomic mass is 15.4. The lowest BCUT2D eigenvalue weighted by Gasteiger charge is -2.26. The zero-order chi connectivity index (χ0) is 19.1. The van der Waals surface area contributed by atoms with Crippen LogP contribution in [0.1, 0.15) is 25.0 Å². The summed E-state index contributed by atoms with van der Waals surface area (Å²) in [6.07, 6.45) is 0. The molecule has 0 aliphatic heterocycles. The number of benzene rings is 2. The van der Waals surface area contributed by atoms with Crippen LogP contribution < -0.4 is 0 Å². The molecular weight excluding hydrogens is 320 g/mol. The monoisotopic (exact) mass is 350 g/mol. The van der Waals surface area contributed by atoms with Crippen LogP contribution in [0.2, 0.25) is 0 Å². The third-order valence-electron chi connectivity index (χ3n) is 4.37. The fraction of sp³-hybridized carbons (Fsp3) is 0.364. The highest BCUT2D eigenvalue weighted by Crippen LogP contribution is 2.23. The van der Waals surface area contributed by atoms with Crippen LogP contribution in [-0.2, 0) is 0 Å². The molecule has 26 heavy (non-hydrogen) atoms. The molecule has 0 aliphatic rings. The van der Waals surface area contributed by atoms with E-state index in [2.05, 4.69) is 62.4 Å². The van der Waals surface area contributed by atoms with Crippen LogP contribution in [0.4, 0.5) is 0 Å². The average Bonchev–Trinajstić information content (AvgIpc) is 2.64. The van der Waals surface area contributed by atoms with Gasteiger partial charge in [0.15, 0.2) is 0 Å². The Labute approximate surface area is 157 Å². The van der Waals surface area contributed by atoms with E-state index in [0.29, 0.717) is 0 Å². The molecule has 0 amide bonds. The molecule has 0 heterocycles. The van der Waals surface area contributed by atoms with Crippen molar-refractivity contribution in [1.82, 2.24) is 10.0 Å². The Bertz CT molecular complexity index is 668. The summed E-state index contributed by atoms with van der Waals surface area (Å²) in [6.45, 7) is 4.46. The third kappa shape index (κ3) is 5.19. The molecule has 2 atom stereocenters. The minimum atomic E-state index is 0.207. The quantitative estimate of drug-likeness (QED) is 0.554. The van der Waals surface area contributed by atoms with Crippen molar-refractivity contribution < 1.29 is 0 Å². The first-order valence-electron chi connectivity index (χ1n) is 9.02. The van der Waals surface area contributed by atoms with Crippen molar-refractivity contribution >= 4 is 11.4 Å². The molecule has 0 bridgehead atoms. The zero-order valence-electron chi connectivity index (χ0n) is 16.7. The van der Waals surface area contributed by atoms with E-state index < -0.39 is 0 Å². The first kappa shape index (κ1) is 19.7. The Morgan fingerprint density at radius 3 is 1.19 bits per heavy atom. The summed E-state index contributed by atoms with van der Waals surface area (Å²) in [5.74, 6) is 0.414. The summed E-state index contributed by atoms with van der Waals surface area (Å²) in [5.41, 5.74) is 4.45. The summed E-state index contributed by atoms with van der Waals surface area (Å²) in [4.78, 5) is 0. The lowest BCUT2D eigenvalue weighted by molar-refractivity contribution is 0.423. The summed E-state index contributed by atoms with van der Waals surface area (Å²) < 4.78 is 0. The molecule has 0 radical (unpaired) electrons. The van der Waals surface area contributed by atoms with Crippen LogP contribution in [-0.4, -0.2) is 49.6 Å². The lowest BCUT2D eigenvalue weighted by Crippen LogP contribution is -2.29. The van der Waals surface area contributed by atoms with Gasteiger partial charge in [-0.2, -0.15) is 10.2 Å². The van der Waals surface area contributed by atoms with Gasteiger partial charge in [0.25, 0.3) is 0 Å². The van der Waals surface area contributed by atoms with Crippen molar-refractivity contribution in [3.05, 3.63) is 71.8 Å². The van der Waals surface area contributed by atoms with Crippen molar-refractivity contribution in [2.45, 2.75) is 13.8 Å². The second-order valence-electron chi connectivity index (χ2n) is 6.97. The van der Waals surface area contributed by atoms with Crippen LogP contribution in [0.3, 0.4) is 0 Å². The number of hydrogen-bond donors (Lipinski definition) is 0. The first-order chi connectivity index (χ1) is 12.4. The van der Waals surface area contributed by atoms with Gasteiger partial charge in [-0.25, -0.2) is 0 Å². The van der Waals surface area contributed by atoms with Gasteiger partial charge >= 0.3 is 0 Å². The number of hydrogen-bond acceptors (Lipinski definition) is 4. The van der Waals surface area contributed by atoms with Crippen molar-refractivity contribution in [3.8, 4) is 0 Å². The second kappa shape index (κ2) is 9.18. The van der Waals surface area contributed by atoms with Gasteiger partial charge in [0, 0.05) is 40.0 Å². The molecule has 2 rings (SSSR count). The standard InChI is InChI=1S/C22H30N4/c1-17(21(23-25(3)4)19-13-9-7-10-14-19)18(2)22(24-26(5)6)20-15-11-8-12-16-20/h7-18H,1-6H3/b23-21+,24-22+/t17-,18+. The molecule has 0 fully saturated rings. The molecule has 4 heteroatoms. The van der Waals surface area contributed by atoms with Gasteiger partial charge in [0.2, 0.25) is 0 Å². The Morgan fingerprint density at radius 1 is 0.615 bits per heavy atom. The molecule has 0 saturated carbocycles. The predicted molar refractivity (Wildman–Crippen MR) is 112 cm³/mol. The van der Waals surface area contributed by atoms with E-state index in [9.17, 15) is 0 Å². The predicted octanol–water partition coefficient (Wildman–Crippen LogP) is 4.19. The van der Waals surface area contributed by atoms with E-state index in [4.69, 9.17) is 10.2 Å². The first-order valence-corrected chi connectivity index (χ1v) is 9.02. The van der Waals surface area contributed by atoms with Gasteiger partial charge in [-0.1, -0.05) is 74.5 Å². The Kier molecular flexibility index (Phi) is 6.96. The molecule has 0 aliphatic carbocycles. The molecule has 2 aromatic rings. The third-order valence-corrected chi connectivity index (χ3v) is 4.37. The second-order valence-corrected chi connectivity index (χ2v) is 6.97. The lowest BCUT2D eigenvalue weighted by atomic mass is 9.82. The van der Waals surface area contributed by atoms with E-state index in [1.165, 1.54) is 0 Å². The Hall–Kier alpha value is -2.62. The van der Waals surface area contributed by atoms with Gasteiger partial charge in [0.05, 0.1) is 11.4 Å². The number of rotatable bonds is 7. The van der Waals surface area contributed by atoms with E-state index in [-0.39, 0.29) is 11.8 Å². The molecular formula is C22H30N4. The van der Waals surface area contributed by atoms with E-state index in [0.717, 1.165) is 22.6 Å². The summed E-state index contributed by atoms with van der Waals surface area (Å²) in [5, 5.41) is 13.4. The van der Waals surface area contributed by atoms with Gasteiger partial charge in [-0.15, -0.1) is 0 Å². The van der Waals surface area contributed by atoms with E-state index >= 15 is 0 Å². The van der Waals surface area contributed by atoms with Crippen molar-refractivity contribution in [2.24, 2.45) is 22.0 Å². The molecule has 4 nitrogen and oxygen atoms in total. The molecule has 0 spiro atoms. The molecule has 0 unspecified atom stereocenters. The highest BCUT2D eigenvalue weighted by Gasteiger charge is 2.25. The average molecular weight is 351 g/mol. The fourth-order valence-corrected chi connectivity index (χ4v) is 2.95.